The van der Waals surface area contributed by atoms with E-state index in [2.05, 4.69) is 24.5 Å². The Balaban J connectivity index is 2.20. The van der Waals surface area contributed by atoms with Crippen LogP contribution in [0.4, 0.5) is 5.69 Å². The highest BCUT2D eigenvalue weighted by Crippen LogP contribution is 2.12. The first-order valence-corrected chi connectivity index (χ1v) is 6.26. The first-order chi connectivity index (χ1) is 8.59. The predicted octanol–water partition coefficient (Wildman–Crippen LogP) is 1.95. The minimum atomic E-state index is -0.117. The van der Waals surface area contributed by atoms with Crippen LogP contribution in [0.2, 0.25) is 0 Å². The van der Waals surface area contributed by atoms with Crippen LogP contribution in [0.25, 0.3) is 0 Å². The van der Waals surface area contributed by atoms with Gasteiger partial charge in [-0.15, -0.1) is 0 Å². The maximum absolute atomic E-state index is 11.6. The molecule has 0 spiro atoms. The third kappa shape index (κ3) is 5.80. The second-order valence-electron chi connectivity index (χ2n) is 4.52. The van der Waals surface area contributed by atoms with Crippen molar-refractivity contribution in [1.29, 1.82) is 0 Å². The molecule has 2 N–H and O–H groups in total. The van der Waals surface area contributed by atoms with Gasteiger partial charge in [-0.05, 0) is 18.6 Å². The molecule has 0 bridgehead atoms. The molecule has 0 radical (unpaired) electrons. The van der Waals surface area contributed by atoms with Gasteiger partial charge in [-0.25, -0.2) is 0 Å². The number of para-hydroxylation sites is 1. The van der Waals surface area contributed by atoms with Crippen LogP contribution in [0.3, 0.4) is 0 Å². The second kappa shape index (κ2) is 7.84. The maximum Gasteiger partial charge on any atom is 0.250 e. The average molecular weight is 250 g/mol. The van der Waals surface area contributed by atoms with E-state index in [0.29, 0.717) is 12.6 Å². The van der Waals surface area contributed by atoms with Crippen molar-refractivity contribution in [1.82, 2.24) is 5.32 Å². The number of rotatable bonds is 7. The molecular formula is C14H22N2O2. The summed E-state index contributed by atoms with van der Waals surface area (Å²) in [5.41, 5.74) is 1.89. The van der Waals surface area contributed by atoms with Crippen LogP contribution in [0.15, 0.2) is 24.3 Å². The molecule has 1 aromatic rings. The molecule has 0 aliphatic heterocycles. The zero-order chi connectivity index (χ0) is 13.4. The third-order valence-electron chi connectivity index (χ3n) is 2.45. The first-order valence-electron chi connectivity index (χ1n) is 6.26. The van der Waals surface area contributed by atoms with Crippen LogP contribution in [0.1, 0.15) is 19.4 Å². The number of benzene rings is 1. The molecule has 1 aromatic carbocycles. The van der Waals surface area contributed by atoms with Gasteiger partial charge < -0.3 is 15.4 Å². The molecular weight excluding hydrogens is 228 g/mol. The summed E-state index contributed by atoms with van der Waals surface area (Å²) in [5, 5.41) is 6.05. The molecule has 0 aromatic heterocycles. The molecule has 4 heteroatoms. The Morgan fingerprint density at radius 3 is 2.72 bits per heavy atom. The number of aryl methyl sites for hydroxylation is 1. The van der Waals surface area contributed by atoms with Crippen molar-refractivity contribution in [3.63, 3.8) is 0 Å². The summed E-state index contributed by atoms with van der Waals surface area (Å²) in [7, 11) is 0. The van der Waals surface area contributed by atoms with Crippen LogP contribution in [0.5, 0.6) is 0 Å². The molecule has 0 aliphatic carbocycles. The number of carbonyl (C=O) groups excluding carboxylic acids is 1. The van der Waals surface area contributed by atoms with Gasteiger partial charge in [0.05, 0.1) is 6.61 Å². The van der Waals surface area contributed by atoms with Crippen LogP contribution in [-0.2, 0) is 9.53 Å². The number of nitrogens with one attached hydrogen (secondary N) is 2. The van der Waals surface area contributed by atoms with Gasteiger partial charge >= 0.3 is 0 Å². The van der Waals surface area contributed by atoms with Gasteiger partial charge in [-0.2, -0.15) is 0 Å². The van der Waals surface area contributed by atoms with Crippen molar-refractivity contribution in [3.05, 3.63) is 29.8 Å². The lowest BCUT2D eigenvalue weighted by molar-refractivity contribution is -0.120. The normalized spacial score (nSPS) is 10.7. The lowest BCUT2D eigenvalue weighted by Gasteiger charge is -2.10. The highest BCUT2D eigenvalue weighted by molar-refractivity contribution is 5.92. The predicted molar refractivity (Wildman–Crippen MR) is 73.8 cm³/mol. The van der Waals surface area contributed by atoms with Crippen LogP contribution in [-0.4, -0.2) is 31.7 Å². The van der Waals surface area contributed by atoms with E-state index in [-0.39, 0.29) is 12.5 Å². The second-order valence-corrected chi connectivity index (χ2v) is 4.52. The molecule has 1 amide bonds. The molecule has 4 nitrogen and oxygen atoms in total. The Labute approximate surface area is 109 Å². The number of hydrogen-bond acceptors (Lipinski definition) is 3. The van der Waals surface area contributed by atoms with E-state index in [1.54, 1.807) is 0 Å². The van der Waals surface area contributed by atoms with Crippen molar-refractivity contribution in [2.24, 2.45) is 0 Å². The standard InChI is InChI=1S/C14H22N2O2/c1-11(2)15-8-9-18-10-14(17)16-13-7-5-4-6-12(13)3/h4-7,11,15H,8-10H2,1-3H3,(H,16,17). The van der Waals surface area contributed by atoms with E-state index in [9.17, 15) is 4.79 Å². The van der Waals surface area contributed by atoms with E-state index in [1.165, 1.54) is 0 Å². The maximum atomic E-state index is 11.6. The summed E-state index contributed by atoms with van der Waals surface area (Å²) in [5.74, 6) is -0.117. The van der Waals surface area contributed by atoms with Crippen LogP contribution < -0.4 is 10.6 Å². The number of ether oxygens (including phenoxy) is 1. The topological polar surface area (TPSA) is 50.4 Å². The number of carbonyl (C=O) groups is 1. The fourth-order valence-corrected chi connectivity index (χ4v) is 1.48. The molecule has 1 rings (SSSR count). The third-order valence-corrected chi connectivity index (χ3v) is 2.45. The summed E-state index contributed by atoms with van der Waals surface area (Å²) >= 11 is 0. The highest BCUT2D eigenvalue weighted by atomic mass is 16.5. The van der Waals surface area contributed by atoms with Gasteiger partial charge in [-0.1, -0.05) is 32.0 Å². The van der Waals surface area contributed by atoms with Crippen LogP contribution >= 0.6 is 0 Å². The van der Waals surface area contributed by atoms with Gasteiger partial charge in [0.25, 0.3) is 0 Å². The molecule has 0 fully saturated rings. The number of anilines is 1. The zero-order valence-corrected chi connectivity index (χ0v) is 11.3. The summed E-state index contributed by atoms with van der Waals surface area (Å²) in [6.45, 7) is 7.50. The lowest BCUT2D eigenvalue weighted by atomic mass is 10.2. The van der Waals surface area contributed by atoms with E-state index in [0.717, 1.165) is 17.8 Å². The van der Waals surface area contributed by atoms with Gasteiger partial charge in [0, 0.05) is 18.3 Å². The van der Waals surface area contributed by atoms with Gasteiger partial charge in [0.2, 0.25) is 5.91 Å². The zero-order valence-electron chi connectivity index (χ0n) is 11.3. The summed E-state index contributed by atoms with van der Waals surface area (Å²) < 4.78 is 5.28. The van der Waals surface area contributed by atoms with E-state index in [1.807, 2.05) is 31.2 Å². The van der Waals surface area contributed by atoms with E-state index in [4.69, 9.17) is 4.74 Å². The van der Waals surface area contributed by atoms with Crippen molar-refractivity contribution in [2.75, 3.05) is 25.1 Å². The average Bonchev–Trinajstić information content (AvgIpc) is 2.31. The number of amides is 1. The smallest absolute Gasteiger partial charge is 0.250 e. The highest BCUT2D eigenvalue weighted by Gasteiger charge is 2.04. The molecule has 0 aliphatic rings. The fraction of sp³-hybridized carbons (Fsp3) is 0.500. The molecule has 0 saturated heterocycles. The number of hydrogen-bond donors (Lipinski definition) is 2. The minimum absolute atomic E-state index is 0.0914. The quantitative estimate of drug-likeness (QED) is 0.727. The first kappa shape index (κ1) is 14.7. The Kier molecular flexibility index (Phi) is 6.39. The van der Waals surface area contributed by atoms with Crippen molar-refractivity contribution >= 4 is 11.6 Å². The molecule has 0 heterocycles. The van der Waals surface area contributed by atoms with Crippen molar-refractivity contribution < 1.29 is 9.53 Å². The summed E-state index contributed by atoms with van der Waals surface area (Å²) in [4.78, 5) is 11.6. The van der Waals surface area contributed by atoms with Crippen LogP contribution in [0, 0.1) is 6.92 Å². The van der Waals surface area contributed by atoms with Crippen molar-refractivity contribution in [2.45, 2.75) is 26.8 Å². The van der Waals surface area contributed by atoms with Crippen molar-refractivity contribution in [3.8, 4) is 0 Å². The molecule has 0 atom stereocenters. The lowest BCUT2D eigenvalue weighted by Crippen LogP contribution is -2.28. The summed E-state index contributed by atoms with van der Waals surface area (Å²) in [6.07, 6.45) is 0. The summed E-state index contributed by atoms with van der Waals surface area (Å²) in [6, 6.07) is 8.13. The molecule has 100 valence electrons. The molecule has 18 heavy (non-hydrogen) atoms. The van der Waals surface area contributed by atoms with Gasteiger partial charge in [0.1, 0.15) is 6.61 Å². The SMILES string of the molecule is Cc1ccccc1NC(=O)COCCNC(C)C. The van der Waals surface area contributed by atoms with E-state index >= 15 is 0 Å². The largest absolute Gasteiger partial charge is 0.370 e. The Hall–Kier alpha value is -1.39. The molecule has 0 unspecified atom stereocenters. The minimum Gasteiger partial charge on any atom is -0.370 e. The monoisotopic (exact) mass is 250 g/mol. The Bertz CT molecular complexity index is 378. The van der Waals surface area contributed by atoms with E-state index < -0.39 is 0 Å². The van der Waals surface area contributed by atoms with Gasteiger partial charge in [0.15, 0.2) is 0 Å². The Morgan fingerprint density at radius 2 is 2.06 bits per heavy atom. The van der Waals surface area contributed by atoms with Gasteiger partial charge in [-0.3, -0.25) is 4.79 Å². The Morgan fingerprint density at radius 1 is 1.33 bits per heavy atom. The molecule has 0 saturated carbocycles. The fourth-order valence-electron chi connectivity index (χ4n) is 1.48.